The summed E-state index contributed by atoms with van der Waals surface area (Å²) in [6, 6.07) is 17.6. The maximum Gasteiger partial charge on any atom is 0.243 e. The second-order valence-electron chi connectivity index (χ2n) is 7.32. The highest BCUT2D eigenvalue weighted by molar-refractivity contribution is 7.92. The standard InChI is InChI=1S/C22H19Cl2NO5S2/c1-30-17-5-9-18(10-6-17)31(26,27)20-13-25(14-20)32(28,29)19-7-2-15(3-8-19)16-4-11-21(23)22(24)12-16/h2-12,20H,13-14H2,1H3. The van der Waals surface area contributed by atoms with Crippen molar-refractivity contribution in [1.29, 1.82) is 0 Å². The summed E-state index contributed by atoms with van der Waals surface area (Å²) in [5, 5.41) is 0.0539. The van der Waals surface area contributed by atoms with Crippen LogP contribution in [-0.4, -0.2) is 46.6 Å². The van der Waals surface area contributed by atoms with Gasteiger partial charge in [0.05, 0.1) is 32.2 Å². The molecule has 4 rings (SSSR count). The molecule has 1 aliphatic rings. The van der Waals surface area contributed by atoms with E-state index in [9.17, 15) is 16.8 Å². The number of hydrogen-bond donors (Lipinski definition) is 0. The molecule has 1 saturated heterocycles. The Labute approximate surface area is 197 Å². The average molecular weight is 512 g/mol. The van der Waals surface area contributed by atoms with Crippen LogP contribution in [0.15, 0.2) is 76.5 Å². The van der Waals surface area contributed by atoms with Crippen molar-refractivity contribution in [1.82, 2.24) is 4.31 Å². The fourth-order valence-corrected chi connectivity index (χ4v) is 7.07. The molecule has 0 aliphatic carbocycles. The zero-order valence-electron chi connectivity index (χ0n) is 16.9. The van der Waals surface area contributed by atoms with E-state index >= 15 is 0 Å². The maximum absolute atomic E-state index is 12.9. The lowest BCUT2D eigenvalue weighted by Gasteiger charge is -2.37. The fourth-order valence-electron chi connectivity index (χ4n) is 3.40. The molecule has 10 heteroatoms. The highest BCUT2D eigenvalue weighted by Gasteiger charge is 2.44. The van der Waals surface area contributed by atoms with Gasteiger partial charge in [-0.15, -0.1) is 0 Å². The SMILES string of the molecule is COc1ccc(S(=O)(=O)C2CN(S(=O)(=O)c3ccc(-c4ccc(Cl)c(Cl)c4)cc3)C2)cc1. The first kappa shape index (κ1) is 23.1. The Morgan fingerprint density at radius 3 is 1.91 bits per heavy atom. The van der Waals surface area contributed by atoms with Crippen LogP contribution < -0.4 is 4.74 Å². The van der Waals surface area contributed by atoms with Crippen molar-refractivity contribution >= 4 is 43.1 Å². The second kappa shape index (κ2) is 8.68. The third-order valence-electron chi connectivity index (χ3n) is 5.39. The number of ether oxygens (including phenoxy) is 1. The first-order valence-electron chi connectivity index (χ1n) is 9.56. The number of rotatable bonds is 6. The Bertz CT molecular complexity index is 1350. The summed E-state index contributed by atoms with van der Waals surface area (Å²) in [6.07, 6.45) is 0. The van der Waals surface area contributed by atoms with Crippen LogP contribution in [0, 0.1) is 0 Å². The van der Waals surface area contributed by atoms with Gasteiger partial charge in [0, 0.05) is 13.1 Å². The summed E-state index contributed by atoms with van der Waals surface area (Å²) in [7, 11) is -5.94. The molecule has 168 valence electrons. The monoisotopic (exact) mass is 511 g/mol. The zero-order valence-corrected chi connectivity index (χ0v) is 20.0. The van der Waals surface area contributed by atoms with Crippen LogP contribution in [-0.2, 0) is 19.9 Å². The van der Waals surface area contributed by atoms with Crippen molar-refractivity contribution in [2.75, 3.05) is 20.2 Å². The molecule has 1 fully saturated rings. The van der Waals surface area contributed by atoms with E-state index in [4.69, 9.17) is 27.9 Å². The molecule has 0 unspecified atom stereocenters. The maximum atomic E-state index is 12.9. The van der Waals surface area contributed by atoms with Crippen LogP contribution >= 0.6 is 23.2 Å². The summed E-state index contributed by atoms with van der Waals surface area (Å²) >= 11 is 12.0. The Hall–Kier alpha value is -2.10. The van der Waals surface area contributed by atoms with Gasteiger partial charge in [-0.3, -0.25) is 0 Å². The van der Waals surface area contributed by atoms with Gasteiger partial charge in [-0.05, 0) is 59.7 Å². The van der Waals surface area contributed by atoms with Crippen LogP contribution in [0.4, 0.5) is 0 Å². The van der Waals surface area contributed by atoms with Crippen molar-refractivity contribution in [3.05, 3.63) is 76.8 Å². The molecular formula is C22H19Cl2NO5S2. The summed E-state index contributed by atoms with van der Waals surface area (Å²) < 4.78 is 57.7. The summed E-state index contributed by atoms with van der Waals surface area (Å²) in [5.41, 5.74) is 1.59. The Morgan fingerprint density at radius 2 is 1.34 bits per heavy atom. The molecule has 3 aromatic rings. The quantitative estimate of drug-likeness (QED) is 0.486. The van der Waals surface area contributed by atoms with Gasteiger partial charge in [0.2, 0.25) is 10.0 Å². The minimum absolute atomic E-state index is 0.0920. The van der Waals surface area contributed by atoms with Gasteiger partial charge in [-0.25, -0.2) is 16.8 Å². The van der Waals surface area contributed by atoms with Crippen LogP contribution in [0.1, 0.15) is 0 Å². The molecule has 0 radical (unpaired) electrons. The molecule has 1 aliphatic heterocycles. The summed E-state index contributed by atoms with van der Waals surface area (Å²) in [4.78, 5) is 0.243. The number of benzene rings is 3. The number of sulfonamides is 1. The zero-order chi connectivity index (χ0) is 23.1. The average Bonchev–Trinajstić information content (AvgIpc) is 2.74. The van der Waals surface area contributed by atoms with Crippen LogP contribution in [0.5, 0.6) is 5.75 Å². The van der Waals surface area contributed by atoms with E-state index in [2.05, 4.69) is 0 Å². The van der Waals surface area contributed by atoms with Gasteiger partial charge in [0.1, 0.15) is 5.75 Å². The minimum atomic E-state index is -3.80. The third kappa shape index (κ3) is 4.25. The van der Waals surface area contributed by atoms with E-state index in [0.29, 0.717) is 15.8 Å². The van der Waals surface area contributed by atoms with Crippen molar-refractivity contribution in [3.8, 4) is 16.9 Å². The number of hydrogen-bond acceptors (Lipinski definition) is 5. The lowest BCUT2D eigenvalue weighted by molar-refractivity contribution is 0.309. The van der Waals surface area contributed by atoms with Crippen LogP contribution in [0.3, 0.4) is 0 Å². The molecule has 0 amide bonds. The number of sulfone groups is 1. The van der Waals surface area contributed by atoms with E-state index in [1.807, 2.05) is 0 Å². The molecule has 0 atom stereocenters. The topological polar surface area (TPSA) is 80.8 Å². The molecule has 6 nitrogen and oxygen atoms in total. The molecule has 0 aromatic heterocycles. The van der Waals surface area contributed by atoms with Gasteiger partial charge in [0.15, 0.2) is 9.84 Å². The van der Waals surface area contributed by atoms with Crippen molar-refractivity contribution < 1.29 is 21.6 Å². The van der Waals surface area contributed by atoms with Crippen molar-refractivity contribution in [2.24, 2.45) is 0 Å². The van der Waals surface area contributed by atoms with Crippen LogP contribution in [0.2, 0.25) is 10.0 Å². The van der Waals surface area contributed by atoms with Crippen molar-refractivity contribution in [3.63, 3.8) is 0 Å². The van der Waals surface area contributed by atoms with E-state index < -0.39 is 25.1 Å². The second-order valence-corrected chi connectivity index (χ2v) is 12.3. The largest absolute Gasteiger partial charge is 0.497 e. The Balaban J connectivity index is 1.48. The molecular weight excluding hydrogens is 493 g/mol. The number of methoxy groups -OCH3 is 1. The lowest BCUT2D eigenvalue weighted by atomic mass is 10.1. The van der Waals surface area contributed by atoms with Gasteiger partial charge >= 0.3 is 0 Å². The number of halogens is 2. The van der Waals surface area contributed by atoms with Crippen molar-refractivity contribution in [2.45, 2.75) is 15.0 Å². The van der Waals surface area contributed by atoms with Gasteiger partial charge in [0.25, 0.3) is 0 Å². The Morgan fingerprint density at radius 1 is 0.781 bits per heavy atom. The highest BCUT2D eigenvalue weighted by Crippen LogP contribution is 2.32. The first-order chi connectivity index (χ1) is 15.1. The minimum Gasteiger partial charge on any atom is -0.497 e. The van der Waals surface area contributed by atoms with E-state index in [-0.39, 0.29) is 22.9 Å². The van der Waals surface area contributed by atoms with Gasteiger partial charge in [-0.1, -0.05) is 41.4 Å². The predicted molar refractivity (Wildman–Crippen MR) is 125 cm³/mol. The third-order valence-corrected chi connectivity index (χ3v) is 10.1. The lowest BCUT2D eigenvalue weighted by Crippen LogP contribution is -2.56. The summed E-state index contributed by atoms with van der Waals surface area (Å²) in [6.45, 7) is -0.184. The molecule has 0 N–H and O–H groups in total. The Kier molecular flexibility index (Phi) is 6.26. The molecule has 0 spiro atoms. The predicted octanol–water partition coefficient (Wildman–Crippen LogP) is 4.52. The van der Waals surface area contributed by atoms with Gasteiger partial charge in [-0.2, -0.15) is 4.31 Å². The van der Waals surface area contributed by atoms with E-state index in [1.54, 1.807) is 42.5 Å². The fraction of sp³-hybridized carbons (Fsp3) is 0.182. The van der Waals surface area contributed by atoms with Gasteiger partial charge < -0.3 is 4.74 Å². The molecule has 1 heterocycles. The highest BCUT2D eigenvalue weighted by atomic mass is 35.5. The smallest absolute Gasteiger partial charge is 0.243 e. The van der Waals surface area contributed by atoms with E-state index in [0.717, 1.165) is 11.1 Å². The normalized spacial score (nSPS) is 15.3. The molecule has 0 saturated carbocycles. The van der Waals surface area contributed by atoms with Crippen LogP contribution in [0.25, 0.3) is 11.1 Å². The molecule has 0 bridgehead atoms. The summed E-state index contributed by atoms with van der Waals surface area (Å²) in [5.74, 6) is 0.547. The number of nitrogens with zero attached hydrogens (tertiary/aromatic N) is 1. The first-order valence-corrected chi connectivity index (χ1v) is 13.3. The molecule has 3 aromatic carbocycles. The molecule has 32 heavy (non-hydrogen) atoms. The van der Waals surface area contributed by atoms with E-state index in [1.165, 1.54) is 35.7 Å².